The first kappa shape index (κ1) is 31.2. The highest BCUT2D eigenvalue weighted by atomic mass is 32.1. The van der Waals surface area contributed by atoms with Gasteiger partial charge in [0, 0.05) is 41.9 Å². The van der Waals surface area contributed by atoms with Crippen molar-refractivity contribution in [2.75, 3.05) is 6.54 Å². The number of aliphatic hydroxyl groups is 1. The first-order valence-electron chi connectivity index (χ1n) is 14.6. The van der Waals surface area contributed by atoms with Gasteiger partial charge in [0.2, 0.25) is 0 Å². The van der Waals surface area contributed by atoms with Crippen LogP contribution in [0.1, 0.15) is 39.5 Å². The molecule has 0 aliphatic rings. The van der Waals surface area contributed by atoms with Gasteiger partial charge in [-0.05, 0) is 83.5 Å². The zero-order valence-corrected chi connectivity index (χ0v) is 25.5. The van der Waals surface area contributed by atoms with Crippen LogP contribution in [0.15, 0.2) is 96.5 Å². The molecule has 4 aromatic carbocycles. The van der Waals surface area contributed by atoms with Crippen LogP contribution >= 0.6 is 11.3 Å². The first-order chi connectivity index (χ1) is 21.3. The average molecular weight is 612 g/mol. The number of amides is 1. The zero-order valence-electron chi connectivity index (χ0n) is 24.7. The maximum Gasteiger partial charge on any atom is 0.251 e. The van der Waals surface area contributed by atoms with Crippen molar-refractivity contribution in [2.45, 2.75) is 45.4 Å². The second kappa shape index (κ2) is 14.5. The first-order valence-corrected chi connectivity index (χ1v) is 15.5. The number of aromatic nitrogens is 1. The normalized spacial score (nSPS) is 12.6. The van der Waals surface area contributed by atoms with E-state index in [9.17, 15) is 18.7 Å². The molecule has 0 bridgehead atoms. The molecule has 1 amide bonds. The van der Waals surface area contributed by atoms with Gasteiger partial charge in [-0.15, -0.1) is 11.3 Å². The van der Waals surface area contributed by atoms with Gasteiger partial charge in [0.25, 0.3) is 5.91 Å². The number of hydrogen-bond donors (Lipinski definition) is 3. The Morgan fingerprint density at radius 1 is 0.909 bits per heavy atom. The second-order valence-corrected chi connectivity index (χ2v) is 11.8. The van der Waals surface area contributed by atoms with E-state index in [2.05, 4.69) is 34.7 Å². The van der Waals surface area contributed by atoms with Gasteiger partial charge in [0.05, 0.1) is 12.1 Å². The minimum absolute atomic E-state index is 0.0331. The second-order valence-electron chi connectivity index (χ2n) is 10.9. The van der Waals surface area contributed by atoms with E-state index in [1.165, 1.54) is 29.0 Å². The van der Waals surface area contributed by atoms with E-state index in [0.717, 1.165) is 45.3 Å². The summed E-state index contributed by atoms with van der Waals surface area (Å²) in [4.78, 5) is 18.3. The van der Waals surface area contributed by atoms with Crippen molar-refractivity contribution < 1.29 is 18.7 Å². The van der Waals surface area contributed by atoms with Crippen molar-refractivity contribution in [1.29, 1.82) is 0 Å². The molecule has 226 valence electrons. The van der Waals surface area contributed by atoms with Crippen LogP contribution in [0.25, 0.3) is 21.7 Å². The molecular weight excluding hydrogens is 576 g/mol. The summed E-state index contributed by atoms with van der Waals surface area (Å²) >= 11 is 1.48. The summed E-state index contributed by atoms with van der Waals surface area (Å²) in [6.07, 6.45) is 1.63. The van der Waals surface area contributed by atoms with Gasteiger partial charge in [0.15, 0.2) is 0 Å². The molecule has 1 heterocycles. The molecule has 0 spiro atoms. The molecule has 5 rings (SSSR count). The smallest absolute Gasteiger partial charge is 0.251 e. The number of nitrogens with zero attached hydrogens (tertiary/aromatic N) is 1. The molecule has 5 aromatic rings. The van der Waals surface area contributed by atoms with E-state index in [4.69, 9.17) is 0 Å². The fourth-order valence-electron chi connectivity index (χ4n) is 5.28. The molecule has 0 saturated carbocycles. The Morgan fingerprint density at radius 2 is 1.66 bits per heavy atom. The third-order valence-corrected chi connectivity index (χ3v) is 8.39. The van der Waals surface area contributed by atoms with Crippen LogP contribution in [0.3, 0.4) is 0 Å². The molecule has 0 saturated heterocycles. The third kappa shape index (κ3) is 8.02. The van der Waals surface area contributed by atoms with E-state index in [0.29, 0.717) is 17.7 Å². The van der Waals surface area contributed by atoms with E-state index in [-0.39, 0.29) is 13.0 Å². The summed E-state index contributed by atoms with van der Waals surface area (Å²) in [6.45, 7) is 4.79. The predicted molar refractivity (Wildman–Crippen MR) is 173 cm³/mol. The lowest BCUT2D eigenvalue weighted by Crippen LogP contribution is -2.48. The summed E-state index contributed by atoms with van der Waals surface area (Å²) in [7, 11) is 0. The molecule has 0 unspecified atom stereocenters. The van der Waals surface area contributed by atoms with Gasteiger partial charge in [-0.2, -0.15) is 0 Å². The number of nitrogens with one attached hydrogen (secondary N) is 2. The van der Waals surface area contributed by atoms with Crippen LogP contribution in [-0.4, -0.2) is 34.7 Å². The standard InChI is InChI=1S/C36H35F2N3O2S/c1-3-24-8-6-9-25(13-24)21-39-22-34(42)33(16-26-14-30(37)20-31(38)15-26)41-35(43)28-17-27(32-10-5-4-7-23(32)2)18-29(19-28)36-40-11-12-44-36/h4-15,17-20,33-34,39,42H,3,16,21-22H2,1-2H3,(H,41,43)/t33-,34+/m0/s1. The number of thiazole rings is 1. The van der Waals surface area contributed by atoms with Crippen molar-refractivity contribution in [1.82, 2.24) is 15.6 Å². The number of aryl methyl sites for hydroxylation is 2. The average Bonchev–Trinajstić information content (AvgIpc) is 3.56. The lowest BCUT2D eigenvalue weighted by molar-refractivity contribution is 0.0830. The Kier molecular flexibility index (Phi) is 10.3. The molecule has 0 aliphatic heterocycles. The molecule has 8 heteroatoms. The number of hydrogen-bond acceptors (Lipinski definition) is 5. The van der Waals surface area contributed by atoms with Crippen molar-refractivity contribution in [3.63, 3.8) is 0 Å². The summed E-state index contributed by atoms with van der Waals surface area (Å²) in [5.41, 5.74) is 6.73. The largest absolute Gasteiger partial charge is 0.390 e. The van der Waals surface area contributed by atoms with Crippen molar-refractivity contribution >= 4 is 17.2 Å². The Hall–Kier alpha value is -4.24. The van der Waals surface area contributed by atoms with E-state index in [1.54, 1.807) is 12.3 Å². The summed E-state index contributed by atoms with van der Waals surface area (Å²) in [6, 6.07) is 24.1. The van der Waals surface area contributed by atoms with Crippen LogP contribution < -0.4 is 10.6 Å². The van der Waals surface area contributed by atoms with Crippen molar-refractivity contribution in [3.05, 3.63) is 136 Å². The maximum atomic E-state index is 14.1. The Bertz CT molecular complexity index is 1700. The predicted octanol–water partition coefficient (Wildman–Crippen LogP) is 7.12. The van der Waals surface area contributed by atoms with Gasteiger partial charge in [0.1, 0.15) is 16.6 Å². The zero-order chi connectivity index (χ0) is 31.1. The van der Waals surface area contributed by atoms with Crippen LogP contribution in [-0.2, 0) is 19.4 Å². The molecule has 2 atom stereocenters. The van der Waals surface area contributed by atoms with E-state index >= 15 is 0 Å². The quantitative estimate of drug-likeness (QED) is 0.141. The van der Waals surface area contributed by atoms with Crippen LogP contribution in [0.4, 0.5) is 8.78 Å². The topological polar surface area (TPSA) is 74.2 Å². The van der Waals surface area contributed by atoms with Crippen LogP contribution in [0.5, 0.6) is 0 Å². The molecule has 0 fully saturated rings. The Balaban J connectivity index is 1.41. The third-order valence-electron chi connectivity index (χ3n) is 7.57. The number of carbonyl (C=O) groups is 1. The highest BCUT2D eigenvalue weighted by Gasteiger charge is 2.24. The molecule has 3 N–H and O–H groups in total. The molecule has 44 heavy (non-hydrogen) atoms. The van der Waals surface area contributed by atoms with Gasteiger partial charge in [-0.25, -0.2) is 13.8 Å². The number of halogens is 2. The maximum absolute atomic E-state index is 14.1. The fourth-order valence-corrected chi connectivity index (χ4v) is 5.91. The summed E-state index contributed by atoms with van der Waals surface area (Å²) < 4.78 is 28.1. The molecule has 1 aromatic heterocycles. The van der Waals surface area contributed by atoms with Gasteiger partial charge in [-0.1, -0.05) is 55.5 Å². The molecule has 5 nitrogen and oxygen atoms in total. The minimum atomic E-state index is -1.04. The number of aliphatic hydroxyl groups excluding tert-OH is 1. The van der Waals surface area contributed by atoms with Crippen LogP contribution in [0.2, 0.25) is 0 Å². The number of benzene rings is 4. The highest BCUT2D eigenvalue weighted by molar-refractivity contribution is 7.13. The Morgan fingerprint density at radius 3 is 2.39 bits per heavy atom. The van der Waals surface area contributed by atoms with Gasteiger partial charge in [-0.3, -0.25) is 4.79 Å². The summed E-state index contributed by atoms with van der Waals surface area (Å²) in [5, 5.41) is 20.2. The van der Waals surface area contributed by atoms with Crippen molar-refractivity contribution in [3.8, 4) is 21.7 Å². The summed E-state index contributed by atoms with van der Waals surface area (Å²) in [5.74, 6) is -1.84. The highest BCUT2D eigenvalue weighted by Crippen LogP contribution is 2.31. The number of rotatable bonds is 12. The van der Waals surface area contributed by atoms with Gasteiger partial charge >= 0.3 is 0 Å². The van der Waals surface area contributed by atoms with Crippen LogP contribution in [0, 0.1) is 18.6 Å². The number of carbonyl (C=O) groups excluding carboxylic acids is 1. The van der Waals surface area contributed by atoms with Gasteiger partial charge < -0.3 is 15.7 Å². The minimum Gasteiger partial charge on any atom is -0.390 e. The lowest BCUT2D eigenvalue weighted by atomic mass is 9.95. The lowest BCUT2D eigenvalue weighted by Gasteiger charge is -2.25. The SMILES string of the molecule is CCc1cccc(CNC[C@@H](O)[C@H](Cc2cc(F)cc(F)c2)NC(=O)c2cc(-c3nccs3)cc(-c3ccccc3C)c2)c1. The molecular formula is C36H35F2N3O2S. The molecule has 0 aliphatic carbocycles. The Labute approximate surface area is 260 Å². The monoisotopic (exact) mass is 611 g/mol. The van der Waals surface area contributed by atoms with Crippen molar-refractivity contribution in [2.24, 2.45) is 0 Å². The fraction of sp³-hybridized carbons (Fsp3) is 0.222. The van der Waals surface area contributed by atoms with E-state index in [1.807, 2.05) is 60.8 Å². The molecule has 0 radical (unpaired) electrons. The van der Waals surface area contributed by atoms with E-state index < -0.39 is 29.7 Å².